The van der Waals surface area contributed by atoms with E-state index in [1.54, 1.807) is 13.3 Å². The molecule has 0 aliphatic carbocycles. The average molecular weight is 313 g/mol. The molecule has 2 rings (SSSR count). The molecule has 1 aromatic rings. The fraction of sp³-hybridized carbons (Fsp3) is 0.733. The van der Waals surface area contributed by atoms with Crippen LogP contribution in [-0.2, 0) is 0 Å². The van der Waals surface area contributed by atoms with Gasteiger partial charge in [0.25, 0.3) is 0 Å². The lowest BCUT2D eigenvalue weighted by Crippen LogP contribution is -2.50. The normalized spacial score (nSPS) is 19.7. The number of anilines is 1. The zero-order valence-corrected chi connectivity index (χ0v) is 14.1. The number of nitrogens with zero attached hydrogens (tertiary/aromatic N) is 3. The Balaban J connectivity index is 2.18. The Morgan fingerprint density at radius 3 is 2.86 bits per heavy atom. The fourth-order valence-corrected chi connectivity index (χ4v) is 2.76. The molecule has 0 amide bonds. The fourth-order valence-electron chi connectivity index (χ4n) is 2.56. The molecule has 1 N–H and O–H groups in total. The number of hydrogen-bond donors (Lipinski definition) is 1. The average Bonchev–Trinajstić information content (AvgIpc) is 2.45. The smallest absolute Gasteiger partial charge is 0.318 e. The Labute approximate surface area is 132 Å². The maximum Gasteiger partial charge on any atom is 0.318 e. The first kappa shape index (κ1) is 16.3. The summed E-state index contributed by atoms with van der Waals surface area (Å²) in [6.07, 6.45) is 5.17. The van der Waals surface area contributed by atoms with Crippen LogP contribution in [0.5, 0.6) is 6.01 Å². The summed E-state index contributed by atoms with van der Waals surface area (Å²) in [4.78, 5) is 10.8. The number of aromatic nitrogens is 2. The van der Waals surface area contributed by atoms with Crippen LogP contribution >= 0.6 is 11.6 Å². The highest BCUT2D eigenvalue weighted by Crippen LogP contribution is 2.30. The second-order valence-electron chi connectivity index (χ2n) is 6.50. The zero-order valence-electron chi connectivity index (χ0n) is 13.3. The summed E-state index contributed by atoms with van der Waals surface area (Å²) >= 11 is 6.30. The molecule has 1 fully saturated rings. The molecule has 5 nitrogen and oxygen atoms in total. The lowest BCUT2D eigenvalue weighted by molar-refractivity contribution is 0.360. The van der Waals surface area contributed by atoms with Gasteiger partial charge in [0.15, 0.2) is 5.82 Å². The minimum absolute atomic E-state index is 0.107. The van der Waals surface area contributed by atoms with Crippen molar-refractivity contribution in [3.05, 3.63) is 11.2 Å². The Morgan fingerprint density at radius 1 is 1.43 bits per heavy atom. The molecule has 0 aromatic carbocycles. The Hall–Kier alpha value is -1.07. The van der Waals surface area contributed by atoms with Crippen molar-refractivity contribution in [1.29, 1.82) is 0 Å². The van der Waals surface area contributed by atoms with Gasteiger partial charge in [-0.2, -0.15) is 4.98 Å². The first-order chi connectivity index (χ1) is 9.90. The predicted octanol–water partition coefficient (Wildman–Crippen LogP) is 2.89. The van der Waals surface area contributed by atoms with Crippen LogP contribution < -0.4 is 15.0 Å². The lowest BCUT2D eigenvalue weighted by Gasteiger charge is -2.38. The van der Waals surface area contributed by atoms with E-state index in [9.17, 15) is 0 Å². The van der Waals surface area contributed by atoms with Crippen molar-refractivity contribution in [2.75, 3.05) is 25.1 Å². The molecule has 1 unspecified atom stereocenters. The third-order valence-electron chi connectivity index (χ3n) is 3.65. The predicted molar refractivity (Wildman–Crippen MR) is 86.3 cm³/mol. The highest BCUT2D eigenvalue weighted by atomic mass is 35.5. The standard InChI is InChI=1S/C15H25ClN4O/c1-15(2,3)18-9-11-7-5-6-8-20(11)13-12(16)10-17-14(19-13)21-4/h10-11,18H,5-9H2,1-4H3. The first-order valence-electron chi connectivity index (χ1n) is 7.49. The van der Waals surface area contributed by atoms with Crippen LogP contribution in [0.3, 0.4) is 0 Å². The summed E-state index contributed by atoms with van der Waals surface area (Å²) in [5.74, 6) is 0.781. The van der Waals surface area contributed by atoms with Gasteiger partial charge in [0.05, 0.1) is 13.3 Å². The number of rotatable bonds is 4. The van der Waals surface area contributed by atoms with Crippen LogP contribution in [0.25, 0.3) is 0 Å². The summed E-state index contributed by atoms with van der Waals surface area (Å²) < 4.78 is 5.13. The van der Waals surface area contributed by atoms with Gasteiger partial charge in [-0.05, 0) is 40.0 Å². The number of methoxy groups -OCH3 is 1. The molecule has 1 saturated heterocycles. The highest BCUT2D eigenvalue weighted by Gasteiger charge is 2.27. The number of nitrogens with one attached hydrogen (secondary N) is 1. The lowest BCUT2D eigenvalue weighted by atomic mass is 10.0. The van der Waals surface area contributed by atoms with Crippen LogP contribution in [0, 0.1) is 0 Å². The Morgan fingerprint density at radius 2 is 2.19 bits per heavy atom. The number of hydrogen-bond acceptors (Lipinski definition) is 5. The van der Waals surface area contributed by atoms with Gasteiger partial charge >= 0.3 is 6.01 Å². The van der Waals surface area contributed by atoms with Crippen molar-refractivity contribution < 1.29 is 4.74 Å². The zero-order chi connectivity index (χ0) is 15.5. The van der Waals surface area contributed by atoms with Crippen molar-refractivity contribution in [3.63, 3.8) is 0 Å². The molecule has 0 bridgehead atoms. The molecule has 2 heterocycles. The summed E-state index contributed by atoms with van der Waals surface area (Å²) in [6, 6.07) is 0.762. The summed E-state index contributed by atoms with van der Waals surface area (Å²) in [6.45, 7) is 8.44. The molecule has 21 heavy (non-hydrogen) atoms. The van der Waals surface area contributed by atoms with Crippen LogP contribution in [0.2, 0.25) is 5.02 Å². The van der Waals surface area contributed by atoms with Gasteiger partial charge in [-0.25, -0.2) is 4.98 Å². The van der Waals surface area contributed by atoms with Crippen LogP contribution in [0.1, 0.15) is 40.0 Å². The van der Waals surface area contributed by atoms with Crippen LogP contribution in [0.4, 0.5) is 5.82 Å². The molecule has 0 radical (unpaired) electrons. The van der Waals surface area contributed by atoms with Crippen molar-refractivity contribution in [2.24, 2.45) is 0 Å². The van der Waals surface area contributed by atoms with E-state index in [-0.39, 0.29) is 5.54 Å². The van der Waals surface area contributed by atoms with E-state index in [0.29, 0.717) is 17.1 Å². The van der Waals surface area contributed by atoms with E-state index in [4.69, 9.17) is 16.3 Å². The van der Waals surface area contributed by atoms with Gasteiger partial charge < -0.3 is 15.0 Å². The minimum Gasteiger partial charge on any atom is -0.467 e. The number of piperidine rings is 1. The van der Waals surface area contributed by atoms with E-state index in [2.05, 4.69) is 41.0 Å². The van der Waals surface area contributed by atoms with Crippen molar-refractivity contribution in [2.45, 2.75) is 51.6 Å². The van der Waals surface area contributed by atoms with E-state index in [1.165, 1.54) is 6.42 Å². The molecule has 1 aliphatic rings. The molecule has 1 aromatic heterocycles. The highest BCUT2D eigenvalue weighted by molar-refractivity contribution is 6.32. The molecule has 1 atom stereocenters. The van der Waals surface area contributed by atoms with Gasteiger partial charge in [-0.3, -0.25) is 0 Å². The van der Waals surface area contributed by atoms with Crippen molar-refractivity contribution >= 4 is 17.4 Å². The van der Waals surface area contributed by atoms with Gasteiger partial charge in [-0.15, -0.1) is 0 Å². The van der Waals surface area contributed by atoms with E-state index in [1.807, 2.05) is 0 Å². The molecular weight excluding hydrogens is 288 g/mol. The first-order valence-corrected chi connectivity index (χ1v) is 7.87. The maximum absolute atomic E-state index is 6.30. The topological polar surface area (TPSA) is 50.3 Å². The van der Waals surface area contributed by atoms with Gasteiger partial charge in [0, 0.05) is 24.7 Å². The molecule has 118 valence electrons. The minimum atomic E-state index is 0.107. The summed E-state index contributed by atoms with van der Waals surface area (Å²) in [5, 5.41) is 4.16. The molecular formula is C15H25ClN4O. The summed E-state index contributed by atoms with van der Waals surface area (Å²) in [7, 11) is 1.57. The quantitative estimate of drug-likeness (QED) is 0.926. The van der Waals surface area contributed by atoms with E-state index < -0.39 is 0 Å². The van der Waals surface area contributed by atoms with Gasteiger partial charge in [-0.1, -0.05) is 11.6 Å². The Kier molecular flexibility index (Phi) is 5.27. The van der Waals surface area contributed by atoms with Crippen molar-refractivity contribution in [3.8, 4) is 6.01 Å². The summed E-state index contributed by atoms with van der Waals surface area (Å²) in [5.41, 5.74) is 0.107. The maximum atomic E-state index is 6.30. The van der Waals surface area contributed by atoms with Crippen molar-refractivity contribution in [1.82, 2.24) is 15.3 Å². The largest absolute Gasteiger partial charge is 0.467 e. The second kappa shape index (κ2) is 6.79. The number of ether oxygens (including phenoxy) is 1. The van der Waals surface area contributed by atoms with Crippen LogP contribution in [0.15, 0.2) is 6.20 Å². The van der Waals surface area contributed by atoms with Gasteiger partial charge in [0.2, 0.25) is 0 Å². The molecule has 0 saturated carbocycles. The molecule has 6 heteroatoms. The monoisotopic (exact) mass is 312 g/mol. The molecule has 1 aliphatic heterocycles. The Bertz CT molecular complexity index is 475. The second-order valence-corrected chi connectivity index (χ2v) is 6.91. The van der Waals surface area contributed by atoms with Gasteiger partial charge in [0.1, 0.15) is 5.02 Å². The van der Waals surface area contributed by atoms with E-state index in [0.717, 1.165) is 31.7 Å². The third kappa shape index (κ3) is 4.45. The molecule has 0 spiro atoms. The van der Waals surface area contributed by atoms with Crippen LogP contribution in [-0.4, -0.2) is 41.7 Å². The SMILES string of the molecule is COc1ncc(Cl)c(N2CCCCC2CNC(C)(C)C)n1. The van der Waals surface area contributed by atoms with E-state index >= 15 is 0 Å². The third-order valence-corrected chi connectivity index (χ3v) is 3.92. The number of halogens is 1.